The van der Waals surface area contributed by atoms with Crippen LogP contribution in [0.2, 0.25) is 0 Å². The third-order valence-electron chi connectivity index (χ3n) is 3.04. The molecule has 0 heteroatoms. The third kappa shape index (κ3) is 2.08. The second kappa shape index (κ2) is 2.36. The molecule has 0 saturated heterocycles. The minimum atomic E-state index is 0.346. The van der Waals surface area contributed by atoms with E-state index in [1.807, 2.05) is 0 Å². The third-order valence-corrected chi connectivity index (χ3v) is 3.04. The zero-order valence-corrected chi connectivity index (χ0v) is 8.28. The molecule has 0 radical (unpaired) electrons. The van der Waals surface area contributed by atoms with Crippen LogP contribution < -0.4 is 0 Å². The minimum Gasteiger partial charge on any atom is -0.103 e. The largest absolute Gasteiger partial charge is 0.103 e. The van der Waals surface area contributed by atoms with Gasteiger partial charge >= 0.3 is 0 Å². The second-order valence-electron chi connectivity index (χ2n) is 5.29. The topological polar surface area (TPSA) is 0 Å². The van der Waals surface area contributed by atoms with Crippen molar-refractivity contribution in [2.45, 2.75) is 40.5 Å². The van der Waals surface area contributed by atoms with Crippen molar-refractivity contribution >= 4 is 0 Å². The van der Waals surface area contributed by atoms with Gasteiger partial charge in [-0.05, 0) is 29.6 Å². The Balaban J connectivity index is 2.39. The quantitative estimate of drug-likeness (QED) is 0.542. The van der Waals surface area contributed by atoms with Crippen molar-refractivity contribution in [3.8, 4) is 0 Å². The van der Waals surface area contributed by atoms with Crippen LogP contribution in [0.1, 0.15) is 40.5 Å². The summed E-state index contributed by atoms with van der Waals surface area (Å²) in [5, 5.41) is 0. The van der Waals surface area contributed by atoms with Gasteiger partial charge in [0.1, 0.15) is 0 Å². The molecule has 1 atom stereocenters. The standard InChI is InChI=1S/C11H20/c1-6-10(2,3)7-9-8-11(9,4)5/h6,9H,1,7-8H2,2-5H3. The van der Waals surface area contributed by atoms with Crippen LogP contribution in [0.3, 0.4) is 0 Å². The molecule has 0 heterocycles. The van der Waals surface area contributed by atoms with Gasteiger partial charge in [0.05, 0.1) is 0 Å². The van der Waals surface area contributed by atoms with Crippen LogP contribution in [0.4, 0.5) is 0 Å². The maximum Gasteiger partial charge on any atom is -0.0175 e. The highest BCUT2D eigenvalue weighted by Crippen LogP contribution is 2.56. The van der Waals surface area contributed by atoms with Crippen LogP contribution in [0.15, 0.2) is 12.7 Å². The molecular weight excluding hydrogens is 132 g/mol. The molecule has 64 valence electrons. The monoisotopic (exact) mass is 152 g/mol. The van der Waals surface area contributed by atoms with Crippen LogP contribution in [0, 0.1) is 16.7 Å². The van der Waals surface area contributed by atoms with E-state index in [4.69, 9.17) is 0 Å². The SMILES string of the molecule is C=CC(C)(C)CC1CC1(C)C. The lowest BCUT2D eigenvalue weighted by atomic mass is 9.85. The summed E-state index contributed by atoms with van der Waals surface area (Å²) in [6.07, 6.45) is 4.80. The predicted octanol–water partition coefficient (Wildman–Crippen LogP) is 3.63. The van der Waals surface area contributed by atoms with Gasteiger partial charge in [-0.1, -0.05) is 33.8 Å². The Hall–Kier alpha value is -0.260. The Morgan fingerprint density at radius 2 is 2.00 bits per heavy atom. The van der Waals surface area contributed by atoms with Crippen molar-refractivity contribution in [1.82, 2.24) is 0 Å². The first-order valence-corrected chi connectivity index (χ1v) is 4.51. The van der Waals surface area contributed by atoms with E-state index >= 15 is 0 Å². The molecule has 0 spiro atoms. The first-order valence-electron chi connectivity index (χ1n) is 4.51. The van der Waals surface area contributed by atoms with Crippen molar-refractivity contribution in [2.75, 3.05) is 0 Å². The first kappa shape index (κ1) is 8.83. The average molecular weight is 152 g/mol. The van der Waals surface area contributed by atoms with Crippen LogP contribution in [0.25, 0.3) is 0 Å². The normalized spacial score (nSPS) is 28.2. The highest BCUT2D eigenvalue weighted by Gasteiger charge is 2.46. The van der Waals surface area contributed by atoms with Crippen LogP contribution in [-0.4, -0.2) is 0 Å². The molecule has 0 nitrogen and oxygen atoms in total. The Morgan fingerprint density at radius 3 is 2.27 bits per heavy atom. The second-order valence-corrected chi connectivity index (χ2v) is 5.29. The summed E-state index contributed by atoms with van der Waals surface area (Å²) < 4.78 is 0. The zero-order valence-electron chi connectivity index (χ0n) is 8.28. The molecule has 11 heavy (non-hydrogen) atoms. The lowest BCUT2D eigenvalue weighted by Crippen LogP contribution is -2.09. The molecule has 1 unspecified atom stereocenters. The molecule has 1 fully saturated rings. The van der Waals surface area contributed by atoms with Crippen molar-refractivity contribution in [3.63, 3.8) is 0 Å². The molecule has 0 aromatic rings. The molecule has 1 saturated carbocycles. The van der Waals surface area contributed by atoms with Crippen molar-refractivity contribution in [2.24, 2.45) is 16.7 Å². The van der Waals surface area contributed by atoms with E-state index in [-0.39, 0.29) is 0 Å². The maximum absolute atomic E-state index is 3.86. The fourth-order valence-electron chi connectivity index (χ4n) is 1.64. The summed E-state index contributed by atoms with van der Waals surface area (Å²) in [6.45, 7) is 13.1. The molecule has 0 aliphatic heterocycles. The highest BCUT2D eigenvalue weighted by molar-refractivity contribution is 5.00. The Morgan fingerprint density at radius 1 is 1.55 bits per heavy atom. The zero-order chi connectivity index (χ0) is 8.70. The van der Waals surface area contributed by atoms with Gasteiger partial charge in [-0.3, -0.25) is 0 Å². The Kier molecular flexibility index (Phi) is 1.90. The lowest BCUT2D eigenvalue weighted by molar-refractivity contribution is 0.373. The van der Waals surface area contributed by atoms with E-state index in [9.17, 15) is 0 Å². The fourth-order valence-corrected chi connectivity index (χ4v) is 1.64. The smallest absolute Gasteiger partial charge is 0.0175 e. The summed E-state index contributed by atoms with van der Waals surface area (Å²) >= 11 is 0. The molecule has 1 aliphatic rings. The summed E-state index contributed by atoms with van der Waals surface area (Å²) in [6, 6.07) is 0. The van der Waals surface area contributed by atoms with E-state index in [0.29, 0.717) is 10.8 Å². The molecule has 1 aliphatic carbocycles. The van der Waals surface area contributed by atoms with Crippen molar-refractivity contribution in [3.05, 3.63) is 12.7 Å². The van der Waals surface area contributed by atoms with E-state index < -0.39 is 0 Å². The lowest BCUT2D eigenvalue weighted by Gasteiger charge is -2.20. The van der Waals surface area contributed by atoms with Crippen LogP contribution in [0.5, 0.6) is 0 Å². The van der Waals surface area contributed by atoms with Gasteiger partial charge in [0, 0.05) is 0 Å². The molecule has 1 rings (SSSR count). The van der Waals surface area contributed by atoms with Crippen LogP contribution >= 0.6 is 0 Å². The molecule has 0 amide bonds. The fraction of sp³-hybridized carbons (Fsp3) is 0.818. The van der Waals surface area contributed by atoms with Gasteiger partial charge < -0.3 is 0 Å². The number of hydrogen-bond acceptors (Lipinski definition) is 0. The van der Waals surface area contributed by atoms with E-state index in [1.165, 1.54) is 12.8 Å². The van der Waals surface area contributed by atoms with E-state index in [0.717, 1.165) is 5.92 Å². The Bertz CT molecular complexity index is 163. The van der Waals surface area contributed by atoms with E-state index in [1.54, 1.807) is 0 Å². The first-order chi connectivity index (χ1) is 4.87. The molecular formula is C11H20. The van der Waals surface area contributed by atoms with Crippen LogP contribution in [-0.2, 0) is 0 Å². The highest BCUT2D eigenvalue weighted by atomic mass is 14.5. The molecule has 0 bridgehead atoms. The van der Waals surface area contributed by atoms with Gasteiger partial charge in [-0.25, -0.2) is 0 Å². The summed E-state index contributed by atoms with van der Waals surface area (Å²) in [7, 11) is 0. The van der Waals surface area contributed by atoms with E-state index in [2.05, 4.69) is 40.3 Å². The van der Waals surface area contributed by atoms with Crippen molar-refractivity contribution < 1.29 is 0 Å². The minimum absolute atomic E-state index is 0.346. The van der Waals surface area contributed by atoms with Gasteiger partial charge in [-0.15, -0.1) is 6.58 Å². The summed E-state index contributed by atoms with van der Waals surface area (Å²) in [4.78, 5) is 0. The van der Waals surface area contributed by atoms with Crippen molar-refractivity contribution in [1.29, 1.82) is 0 Å². The van der Waals surface area contributed by atoms with Gasteiger partial charge in [0.25, 0.3) is 0 Å². The Labute approximate surface area is 70.7 Å². The van der Waals surface area contributed by atoms with Gasteiger partial charge in [0.2, 0.25) is 0 Å². The summed E-state index contributed by atoms with van der Waals surface area (Å²) in [5.74, 6) is 0.940. The number of allylic oxidation sites excluding steroid dienone is 1. The number of rotatable bonds is 3. The van der Waals surface area contributed by atoms with Gasteiger partial charge in [-0.2, -0.15) is 0 Å². The molecule has 0 aromatic carbocycles. The van der Waals surface area contributed by atoms with Gasteiger partial charge in [0.15, 0.2) is 0 Å². The molecule has 0 aromatic heterocycles. The number of hydrogen-bond donors (Lipinski definition) is 0. The average Bonchev–Trinajstić information content (AvgIpc) is 2.39. The molecule has 0 N–H and O–H groups in total. The maximum atomic E-state index is 3.86. The summed E-state index contributed by atoms with van der Waals surface area (Å²) in [5.41, 5.74) is 0.971. The predicted molar refractivity (Wildman–Crippen MR) is 50.5 cm³/mol.